The van der Waals surface area contributed by atoms with Gasteiger partial charge in [-0.15, -0.1) is 0 Å². The normalized spacial score (nSPS) is 11.4. The van der Waals surface area contributed by atoms with Gasteiger partial charge in [0.1, 0.15) is 15.5 Å². The molecule has 2 aromatic carbocycles. The Bertz CT molecular complexity index is 1100. The van der Waals surface area contributed by atoms with Gasteiger partial charge in [-0.1, -0.05) is 42.0 Å². The smallest absolute Gasteiger partial charge is 0.255 e. The Hall–Kier alpha value is -2.93. The number of aromatic nitrogens is 2. The molecule has 1 amide bonds. The molecule has 0 radical (unpaired) electrons. The van der Waals surface area contributed by atoms with E-state index in [0.717, 1.165) is 28.6 Å². The van der Waals surface area contributed by atoms with E-state index in [1.165, 1.54) is 0 Å². The summed E-state index contributed by atoms with van der Waals surface area (Å²) in [5, 5.41) is 7.35. The number of carbonyl (C=O) groups excluding carboxylic acids is 1. The van der Waals surface area contributed by atoms with Crippen molar-refractivity contribution in [3.05, 3.63) is 71.4 Å². The average molecular weight is 398 g/mol. The summed E-state index contributed by atoms with van der Waals surface area (Å²) in [5.74, 6) is -0.453. The van der Waals surface area contributed by atoms with E-state index in [4.69, 9.17) is 0 Å². The predicted molar refractivity (Wildman–Crippen MR) is 111 cm³/mol. The predicted octanol–water partition coefficient (Wildman–Crippen LogP) is 2.93. The van der Waals surface area contributed by atoms with Crippen molar-refractivity contribution in [2.45, 2.75) is 13.8 Å². The van der Waals surface area contributed by atoms with Gasteiger partial charge in [-0.05, 0) is 31.5 Å². The number of hydrogen-bond donors (Lipinski definition) is 1. The summed E-state index contributed by atoms with van der Waals surface area (Å²) in [6.07, 6.45) is 2.83. The highest BCUT2D eigenvalue weighted by molar-refractivity contribution is 7.90. The number of sulfone groups is 1. The van der Waals surface area contributed by atoms with Crippen LogP contribution in [-0.2, 0) is 9.84 Å². The van der Waals surface area contributed by atoms with Crippen molar-refractivity contribution in [2.75, 3.05) is 18.6 Å². The summed E-state index contributed by atoms with van der Waals surface area (Å²) in [6, 6.07) is 15.5. The highest BCUT2D eigenvalue weighted by Gasteiger charge is 2.20. The van der Waals surface area contributed by atoms with Gasteiger partial charge in [-0.3, -0.25) is 4.79 Å². The first kappa shape index (κ1) is 19.8. The van der Waals surface area contributed by atoms with Gasteiger partial charge < -0.3 is 5.32 Å². The lowest BCUT2D eigenvalue weighted by Crippen LogP contribution is -2.28. The first-order valence-electron chi connectivity index (χ1n) is 8.93. The monoisotopic (exact) mass is 397 g/mol. The number of nitrogens with zero attached hydrogens (tertiary/aromatic N) is 2. The Morgan fingerprint density at radius 3 is 2.46 bits per heavy atom. The SMILES string of the molecule is Cc1ccc(-c2nn(-c3ccccc3)cc2C(=O)NCCS(C)(=O)=O)c(C)c1. The van der Waals surface area contributed by atoms with Crippen molar-refractivity contribution < 1.29 is 13.2 Å². The number of aryl methyl sites for hydroxylation is 2. The highest BCUT2D eigenvalue weighted by atomic mass is 32.2. The van der Waals surface area contributed by atoms with Crippen LogP contribution in [-0.4, -0.2) is 42.7 Å². The number of carbonyl (C=O) groups is 1. The second-order valence-corrected chi connectivity index (χ2v) is 9.14. The lowest BCUT2D eigenvalue weighted by atomic mass is 10.0. The summed E-state index contributed by atoms with van der Waals surface area (Å²) < 4.78 is 24.3. The van der Waals surface area contributed by atoms with Gasteiger partial charge in [0.25, 0.3) is 5.91 Å². The van der Waals surface area contributed by atoms with Crippen LogP contribution in [0.2, 0.25) is 0 Å². The van der Waals surface area contributed by atoms with Crippen LogP contribution >= 0.6 is 0 Å². The van der Waals surface area contributed by atoms with Crippen molar-refractivity contribution in [3.8, 4) is 16.9 Å². The Kier molecular flexibility index (Phi) is 5.65. The first-order chi connectivity index (χ1) is 13.2. The minimum absolute atomic E-state index is 0.0561. The van der Waals surface area contributed by atoms with Crippen molar-refractivity contribution >= 4 is 15.7 Å². The number of rotatable bonds is 6. The average Bonchev–Trinajstić information content (AvgIpc) is 3.06. The fourth-order valence-corrected chi connectivity index (χ4v) is 3.45. The molecule has 0 saturated heterocycles. The van der Waals surface area contributed by atoms with Crippen molar-refractivity contribution in [1.82, 2.24) is 15.1 Å². The second-order valence-electron chi connectivity index (χ2n) is 6.88. The molecule has 1 heterocycles. The maximum atomic E-state index is 12.8. The Morgan fingerprint density at radius 2 is 1.82 bits per heavy atom. The third-order valence-electron chi connectivity index (χ3n) is 4.38. The van der Waals surface area contributed by atoms with E-state index in [9.17, 15) is 13.2 Å². The van der Waals surface area contributed by atoms with E-state index in [2.05, 4.69) is 10.4 Å². The second kappa shape index (κ2) is 7.98. The maximum Gasteiger partial charge on any atom is 0.255 e. The highest BCUT2D eigenvalue weighted by Crippen LogP contribution is 2.27. The van der Waals surface area contributed by atoms with Crippen LogP contribution < -0.4 is 5.32 Å². The largest absolute Gasteiger partial charge is 0.351 e. The van der Waals surface area contributed by atoms with E-state index < -0.39 is 9.84 Å². The number of hydrogen-bond acceptors (Lipinski definition) is 4. The van der Waals surface area contributed by atoms with Gasteiger partial charge >= 0.3 is 0 Å². The molecule has 1 aromatic heterocycles. The summed E-state index contributed by atoms with van der Waals surface area (Å²) in [6.45, 7) is 4.05. The standard InChI is InChI=1S/C21H23N3O3S/c1-15-9-10-18(16(2)13-15)20-19(21(25)22-11-12-28(3,26)27)14-24(23-20)17-7-5-4-6-8-17/h4-10,13-14H,11-12H2,1-3H3,(H,22,25). The van der Waals surface area contributed by atoms with E-state index in [1.807, 2.05) is 62.4 Å². The third-order valence-corrected chi connectivity index (χ3v) is 5.32. The van der Waals surface area contributed by atoms with Gasteiger partial charge in [0, 0.05) is 24.6 Å². The van der Waals surface area contributed by atoms with Gasteiger partial charge in [0.15, 0.2) is 0 Å². The van der Waals surface area contributed by atoms with Gasteiger partial charge in [-0.25, -0.2) is 13.1 Å². The topological polar surface area (TPSA) is 81.1 Å². The molecule has 1 N–H and O–H groups in total. The van der Waals surface area contributed by atoms with Crippen LogP contribution in [0, 0.1) is 13.8 Å². The number of benzene rings is 2. The fourth-order valence-electron chi connectivity index (χ4n) is 2.98. The zero-order valence-electron chi connectivity index (χ0n) is 16.1. The molecule has 0 bridgehead atoms. The van der Waals surface area contributed by atoms with E-state index >= 15 is 0 Å². The van der Waals surface area contributed by atoms with Gasteiger partial charge in [-0.2, -0.15) is 5.10 Å². The first-order valence-corrected chi connectivity index (χ1v) is 11.0. The molecule has 28 heavy (non-hydrogen) atoms. The molecule has 0 saturated carbocycles. The molecule has 0 aliphatic carbocycles. The number of amides is 1. The van der Waals surface area contributed by atoms with Crippen molar-refractivity contribution in [3.63, 3.8) is 0 Å². The maximum absolute atomic E-state index is 12.8. The molecule has 7 heteroatoms. The van der Waals surface area contributed by atoms with E-state index in [1.54, 1.807) is 10.9 Å². The minimum Gasteiger partial charge on any atom is -0.351 e. The van der Waals surface area contributed by atoms with Crippen LogP contribution in [0.1, 0.15) is 21.5 Å². The molecule has 3 rings (SSSR count). The summed E-state index contributed by atoms with van der Waals surface area (Å²) in [5.41, 5.74) is 4.83. The molecule has 0 atom stereocenters. The Morgan fingerprint density at radius 1 is 1.11 bits per heavy atom. The molecule has 0 unspecified atom stereocenters. The van der Waals surface area contributed by atoms with Gasteiger partial charge in [0.05, 0.1) is 17.0 Å². The van der Waals surface area contributed by atoms with Crippen LogP contribution in [0.15, 0.2) is 54.7 Å². The van der Waals surface area contributed by atoms with Crippen LogP contribution in [0.4, 0.5) is 0 Å². The van der Waals surface area contributed by atoms with Crippen molar-refractivity contribution in [1.29, 1.82) is 0 Å². The summed E-state index contributed by atoms with van der Waals surface area (Å²) >= 11 is 0. The fraction of sp³-hybridized carbons (Fsp3) is 0.238. The van der Waals surface area contributed by atoms with Crippen molar-refractivity contribution in [2.24, 2.45) is 0 Å². The molecule has 0 fully saturated rings. The van der Waals surface area contributed by atoms with Crippen LogP contribution in [0.25, 0.3) is 16.9 Å². The lowest BCUT2D eigenvalue weighted by molar-refractivity contribution is 0.0957. The molecule has 0 spiro atoms. The zero-order chi connectivity index (χ0) is 20.3. The van der Waals surface area contributed by atoms with E-state index in [0.29, 0.717) is 11.3 Å². The molecule has 146 valence electrons. The quantitative estimate of drug-likeness (QED) is 0.693. The number of nitrogens with one attached hydrogen (secondary N) is 1. The minimum atomic E-state index is -3.15. The molecular weight excluding hydrogens is 374 g/mol. The summed E-state index contributed by atoms with van der Waals surface area (Å²) in [4.78, 5) is 12.8. The van der Waals surface area contributed by atoms with Crippen LogP contribution in [0.5, 0.6) is 0 Å². The molecule has 0 aliphatic rings. The molecule has 3 aromatic rings. The Labute approximate surface area is 165 Å². The zero-order valence-corrected chi connectivity index (χ0v) is 17.0. The molecule has 6 nitrogen and oxygen atoms in total. The molecule has 0 aliphatic heterocycles. The summed E-state index contributed by atoms with van der Waals surface area (Å²) in [7, 11) is -3.15. The Balaban J connectivity index is 2.01. The molecular formula is C21H23N3O3S. The van der Waals surface area contributed by atoms with Crippen LogP contribution in [0.3, 0.4) is 0 Å². The van der Waals surface area contributed by atoms with Gasteiger partial charge in [0.2, 0.25) is 0 Å². The van der Waals surface area contributed by atoms with E-state index in [-0.39, 0.29) is 18.2 Å². The number of para-hydroxylation sites is 1. The third kappa shape index (κ3) is 4.67. The lowest BCUT2D eigenvalue weighted by Gasteiger charge is -2.07.